The fourth-order valence-electron chi connectivity index (χ4n) is 2.24. The van der Waals surface area contributed by atoms with Crippen LogP contribution in [0, 0.1) is 0 Å². The molecule has 0 spiro atoms. The number of benzene rings is 1. The summed E-state index contributed by atoms with van der Waals surface area (Å²) < 4.78 is 11.2. The van der Waals surface area contributed by atoms with Crippen molar-refractivity contribution in [2.45, 2.75) is 25.6 Å². The summed E-state index contributed by atoms with van der Waals surface area (Å²) in [5, 5.41) is 6.52. The Hall–Kier alpha value is -0.860. The van der Waals surface area contributed by atoms with Crippen LogP contribution in [-0.4, -0.2) is 45.4 Å². The zero-order chi connectivity index (χ0) is 14.8. The summed E-state index contributed by atoms with van der Waals surface area (Å²) >= 11 is 0. The summed E-state index contributed by atoms with van der Waals surface area (Å²) in [5.41, 5.74) is 1.19. The van der Waals surface area contributed by atoms with E-state index in [4.69, 9.17) is 9.47 Å². The van der Waals surface area contributed by atoms with Gasteiger partial charge in [0.15, 0.2) is 5.96 Å². The summed E-state index contributed by atoms with van der Waals surface area (Å²) in [6.45, 7) is 3.72. The quantitative estimate of drug-likeness (QED) is 0.308. The number of aliphatic imine (C=N–C) groups is 1. The summed E-state index contributed by atoms with van der Waals surface area (Å²) in [6.07, 6.45) is 2.61. The van der Waals surface area contributed by atoms with Crippen LogP contribution in [0.25, 0.3) is 0 Å². The van der Waals surface area contributed by atoms with Gasteiger partial charge in [0.2, 0.25) is 0 Å². The third-order valence-corrected chi connectivity index (χ3v) is 3.40. The van der Waals surface area contributed by atoms with Crippen LogP contribution < -0.4 is 10.6 Å². The Morgan fingerprint density at radius 1 is 1.32 bits per heavy atom. The zero-order valence-electron chi connectivity index (χ0n) is 13.1. The molecular formula is C16H26IN3O2. The predicted octanol–water partition coefficient (Wildman–Crippen LogP) is 2.17. The standard InChI is InChI=1S/C16H25N3O2.HI/c1-17-16(19-12-15-8-5-10-21-15)18-9-11-20-13-14-6-3-2-4-7-14;/h2-4,6-7,15H,5,8-13H2,1H3,(H2,17,18,19);1H. The number of nitrogens with zero attached hydrogens (tertiary/aromatic N) is 1. The molecule has 124 valence electrons. The molecule has 0 aliphatic carbocycles. The first-order valence-corrected chi connectivity index (χ1v) is 7.56. The molecule has 1 aromatic rings. The van der Waals surface area contributed by atoms with Crippen LogP contribution in [-0.2, 0) is 16.1 Å². The van der Waals surface area contributed by atoms with Gasteiger partial charge in [0.25, 0.3) is 0 Å². The molecule has 1 atom stereocenters. The van der Waals surface area contributed by atoms with Gasteiger partial charge in [-0.2, -0.15) is 0 Å². The molecule has 0 amide bonds. The minimum absolute atomic E-state index is 0. The second-order valence-electron chi connectivity index (χ2n) is 5.05. The SMILES string of the molecule is CN=C(NCCOCc1ccccc1)NCC1CCCO1.I. The van der Waals surface area contributed by atoms with Crippen molar-refractivity contribution < 1.29 is 9.47 Å². The summed E-state index contributed by atoms with van der Waals surface area (Å²) in [6, 6.07) is 10.2. The second kappa shape index (κ2) is 11.7. The molecule has 0 bridgehead atoms. The predicted molar refractivity (Wildman–Crippen MR) is 99.9 cm³/mol. The van der Waals surface area contributed by atoms with E-state index in [1.807, 2.05) is 18.2 Å². The third-order valence-electron chi connectivity index (χ3n) is 3.40. The molecule has 22 heavy (non-hydrogen) atoms. The number of hydrogen-bond donors (Lipinski definition) is 2. The number of ether oxygens (including phenoxy) is 2. The molecule has 0 aromatic heterocycles. The Balaban J connectivity index is 0.00000242. The lowest BCUT2D eigenvalue weighted by molar-refractivity contribution is 0.113. The van der Waals surface area contributed by atoms with E-state index >= 15 is 0 Å². The first kappa shape index (κ1) is 19.2. The number of nitrogens with one attached hydrogen (secondary N) is 2. The Morgan fingerprint density at radius 2 is 2.14 bits per heavy atom. The number of halogens is 1. The third kappa shape index (κ3) is 7.42. The average Bonchev–Trinajstić information content (AvgIpc) is 3.04. The van der Waals surface area contributed by atoms with Crippen LogP contribution in [0.2, 0.25) is 0 Å². The Morgan fingerprint density at radius 3 is 2.82 bits per heavy atom. The Kier molecular flexibility index (Phi) is 10.2. The molecule has 1 heterocycles. The average molecular weight is 419 g/mol. The molecule has 1 fully saturated rings. The van der Waals surface area contributed by atoms with Crippen molar-refractivity contribution in [1.82, 2.24) is 10.6 Å². The maximum Gasteiger partial charge on any atom is 0.191 e. The molecule has 1 unspecified atom stereocenters. The van der Waals surface area contributed by atoms with Crippen molar-refractivity contribution in [3.05, 3.63) is 35.9 Å². The van der Waals surface area contributed by atoms with Gasteiger partial charge in [0.05, 0.1) is 19.3 Å². The van der Waals surface area contributed by atoms with Crippen LogP contribution in [0.3, 0.4) is 0 Å². The molecule has 1 aliphatic heterocycles. The van der Waals surface area contributed by atoms with E-state index in [0.717, 1.165) is 38.5 Å². The fourth-order valence-corrected chi connectivity index (χ4v) is 2.24. The summed E-state index contributed by atoms with van der Waals surface area (Å²) in [4.78, 5) is 4.19. The lowest BCUT2D eigenvalue weighted by Gasteiger charge is -2.15. The monoisotopic (exact) mass is 419 g/mol. The van der Waals surface area contributed by atoms with Crippen molar-refractivity contribution in [3.63, 3.8) is 0 Å². The first-order chi connectivity index (χ1) is 10.4. The maximum atomic E-state index is 5.62. The van der Waals surface area contributed by atoms with Crippen molar-refractivity contribution >= 4 is 29.9 Å². The van der Waals surface area contributed by atoms with Gasteiger partial charge in [-0.3, -0.25) is 4.99 Å². The molecule has 1 aromatic carbocycles. The molecular weight excluding hydrogens is 393 g/mol. The van der Waals surface area contributed by atoms with Gasteiger partial charge in [-0.1, -0.05) is 30.3 Å². The Bertz CT molecular complexity index is 423. The van der Waals surface area contributed by atoms with Gasteiger partial charge in [0, 0.05) is 26.7 Å². The highest BCUT2D eigenvalue weighted by Crippen LogP contribution is 2.10. The van der Waals surface area contributed by atoms with E-state index in [0.29, 0.717) is 19.3 Å². The molecule has 2 rings (SSSR count). The molecule has 1 saturated heterocycles. The van der Waals surface area contributed by atoms with E-state index < -0.39 is 0 Å². The first-order valence-electron chi connectivity index (χ1n) is 7.56. The van der Waals surface area contributed by atoms with Gasteiger partial charge in [0.1, 0.15) is 0 Å². The lowest BCUT2D eigenvalue weighted by Crippen LogP contribution is -2.42. The van der Waals surface area contributed by atoms with Crippen LogP contribution in [0.4, 0.5) is 0 Å². The van der Waals surface area contributed by atoms with E-state index in [9.17, 15) is 0 Å². The number of hydrogen-bond acceptors (Lipinski definition) is 3. The topological polar surface area (TPSA) is 54.9 Å². The highest BCUT2D eigenvalue weighted by atomic mass is 127. The van der Waals surface area contributed by atoms with Crippen LogP contribution in [0.5, 0.6) is 0 Å². The molecule has 6 heteroatoms. The van der Waals surface area contributed by atoms with Crippen molar-refractivity contribution in [2.75, 3.05) is 33.4 Å². The molecule has 0 radical (unpaired) electrons. The molecule has 2 N–H and O–H groups in total. The van der Waals surface area contributed by atoms with Crippen molar-refractivity contribution in [1.29, 1.82) is 0 Å². The van der Waals surface area contributed by atoms with Crippen LogP contribution >= 0.6 is 24.0 Å². The van der Waals surface area contributed by atoms with Crippen LogP contribution in [0.1, 0.15) is 18.4 Å². The zero-order valence-corrected chi connectivity index (χ0v) is 15.4. The van der Waals surface area contributed by atoms with Gasteiger partial charge < -0.3 is 20.1 Å². The van der Waals surface area contributed by atoms with E-state index in [2.05, 4.69) is 27.8 Å². The number of guanidine groups is 1. The number of rotatable bonds is 7. The molecule has 1 aliphatic rings. The fraction of sp³-hybridized carbons (Fsp3) is 0.562. The Labute approximate surface area is 149 Å². The molecule has 5 nitrogen and oxygen atoms in total. The van der Waals surface area contributed by atoms with Crippen LogP contribution in [0.15, 0.2) is 35.3 Å². The van der Waals surface area contributed by atoms with E-state index in [1.165, 1.54) is 5.56 Å². The smallest absolute Gasteiger partial charge is 0.191 e. The van der Waals surface area contributed by atoms with E-state index in [1.54, 1.807) is 7.05 Å². The van der Waals surface area contributed by atoms with Crippen molar-refractivity contribution in [2.24, 2.45) is 4.99 Å². The normalized spacial score (nSPS) is 17.9. The van der Waals surface area contributed by atoms with Gasteiger partial charge in [-0.05, 0) is 18.4 Å². The molecule has 0 saturated carbocycles. The maximum absolute atomic E-state index is 5.62. The van der Waals surface area contributed by atoms with Crippen molar-refractivity contribution in [3.8, 4) is 0 Å². The second-order valence-corrected chi connectivity index (χ2v) is 5.05. The van der Waals surface area contributed by atoms with E-state index in [-0.39, 0.29) is 24.0 Å². The summed E-state index contributed by atoms with van der Waals surface area (Å²) in [5.74, 6) is 0.800. The van der Waals surface area contributed by atoms with Gasteiger partial charge >= 0.3 is 0 Å². The van der Waals surface area contributed by atoms with Gasteiger partial charge in [-0.15, -0.1) is 24.0 Å². The highest BCUT2D eigenvalue weighted by molar-refractivity contribution is 14.0. The lowest BCUT2D eigenvalue weighted by atomic mass is 10.2. The minimum Gasteiger partial charge on any atom is -0.376 e. The highest BCUT2D eigenvalue weighted by Gasteiger charge is 2.15. The van der Waals surface area contributed by atoms with Gasteiger partial charge in [-0.25, -0.2) is 0 Å². The largest absolute Gasteiger partial charge is 0.376 e. The minimum atomic E-state index is 0. The summed E-state index contributed by atoms with van der Waals surface area (Å²) in [7, 11) is 1.77.